The molecule has 0 aliphatic rings. The number of rotatable bonds is 0. The van der Waals surface area contributed by atoms with Crippen LogP contribution in [0, 0.1) is 18.9 Å². The summed E-state index contributed by atoms with van der Waals surface area (Å²) in [5.74, 6) is 2.92. The van der Waals surface area contributed by atoms with Gasteiger partial charge in [-0.25, -0.2) is 0 Å². The van der Waals surface area contributed by atoms with Gasteiger partial charge in [-0.1, -0.05) is 24.1 Å². The third kappa shape index (κ3) is 1.21. The third-order valence-corrected chi connectivity index (χ3v) is 2.12. The number of aryl methyl sites for hydroxylation is 1. The Morgan fingerprint density at radius 3 is 2.77 bits per heavy atom. The summed E-state index contributed by atoms with van der Waals surface area (Å²) in [6.45, 7) is 3.93. The second-order valence-corrected chi connectivity index (χ2v) is 3.04. The highest BCUT2D eigenvalue weighted by Gasteiger charge is 2.00. The zero-order valence-corrected chi connectivity index (χ0v) is 7.83. The number of hydrogen-bond acceptors (Lipinski definition) is 0. The molecule has 0 aliphatic carbocycles. The van der Waals surface area contributed by atoms with E-state index in [-0.39, 0.29) is 0 Å². The molecule has 0 spiro atoms. The molecule has 0 atom stereocenters. The predicted molar refractivity (Wildman–Crippen MR) is 55.5 cm³/mol. The third-order valence-electron chi connectivity index (χ3n) is 2.12. The van der Waals surface area contributed by atoms with Crippen molar-refractivity contribution in [1.82, 2.24) is 4.57 Å². The van der Waals surface area contributed by atoms with Gasteiger partial charge in [0, 0.05) is 17.1 Å². The predicted octanol–water partition coefficient (Wildman–Crippen LogP) is 2.78. The molecule has 0 saturated heterocycles. The summed E-state index contributed by atoms with van der Waals surface area (Å²) in [7, 11) is 0. The van der Waals surface area contributed by atoms with Gasteiger partial charge in [0.15, 0.2) is 0 Å². The van der Waals surface area contributed by atoms with Crippen LogP contribution in [0.1, 0.15) is 12.6 Å². The summed E-state index contributed by atoms with van der Waals surface area (Å²) in [6.07, 6.45) is 0. The van der Waals surface area contributed by atoms with Crippen molar-refractivity contribution < 1.29 is 0 Å². The van der Waals surface area contributed by atoms with E-state index in [4.69, 9.17) is 0 Å². The number of nitrogens with zero attached hydrogens (tertiary/aromatic N) is 1. The molecule has 0 bridgehead atoms. The molecule has 0 N–H and O–H groups in total. The van der Waals surface area contributed by atoms with E-state index in [1.54, 1.807) is 0 Å². The molecule has 0 amide bonds. The lowest BCUT2D eigenvalue weighted by atomic mass is 10.2. The molecule has 1 heterocycles. The summed E-state index contributed by atoms with van der Waals surface area (Å²) in [6, 6.07) is 13.5. The van der Waals surface area contributed by atoms with Crippen LogP contribution >= 0.6 is 0 Å². The minimum atomic E-state index is 1.19. The van der Waals surface area contributed by atoms with Gasteiger partial charge in [-0.3, -0.25) is 4.57 Å². The van der Waals surface area contributed by atoms with Crippen LogP contribution in [0.15, 0.2) is 30.3 Å². The van der Waals surface area contributed by atoms with Crippen LogP contribution in [0.4, 0.5) is 0 Å². The number of fused-ring (bicyclic) bond motifs is 1. The monoisotopic (exact) mass is 169 g/mol. The summed E-state index contributed by atoms with van der Waals surface area (Å²) < 4.78 is 2.02. The van der Waals surface area contributed by atoms with E-state index in [1.165, 1.54) is 16.6 Å². The van der Waals surface area contributed by atoms with E-state index < -0.39 is 0 Å². The molecule has 0 aliphatic heterocycles. The maximum atomic E-state index is 3.07. The van der Waals surface area contributed by atoms with Crippen LogP contribution in [0.5, 0.6) is 0 Å². The Hall–Kier alpha value is -1.68. The van der Waals surface area contributed by atoms with Gasteiger partial charge in [0.1, 0.15) is 0 Å². The quantitative estimate of drug-likeness (QED) is 0.534. The lowest BCUT2D eigenvalue weighted by Gasteiger charge is -1.95. The smallest absolute Gasteiger partial charge is 0.0614 e. The van der Waals surface area contributed by atoms with Gasteiger partial charge < -0.3 is 0 Å². The first-order chi connectivity index (χ1) is 6.33. The SMILES string of the molecule is CC#Cn1c(C)cc2ccccc21. The summed E-state index contributed by atoms with van der Waals surface area (Å²) in [4.78, 5) is 0. The standard InChI is InChI=1S/C12H11N/c1-3-8-13-10(2)9-11-6-4-5-7-12(11)13/h4-7,9H,1-2H3. The van der Waals surface area contributed by atoms with Crippen LogP contribution in [0.3, 0.4) is 0 Å². The maximum Gasteiger partial charge on any atom is 0.0614 e. The summed E-state index contributed by atoms with van der Waals surface area (Å²) >= 11 is 0. The molecule has 1 aromatic heterocycles. The minimum Gasteiger partial charge on any atom is -0.274 e. The Kier molecular flexibility index (Phi) is 1.83. The second-order valence-electron chi connectivity index (χ2n) is 3.04. The number of aromatic nitrogens is 1. The van der Waals surface area contributed by atoms with E-state index in [0.29, 0.717) is 0 Å². The average molecular weight is 169 g/mol. The Morgan fingerprint density at radius 1 is 1.23 bits per heavy atom. The first kappa shape index (κ1) is 7.94. The van der Waals surface area contributed by atoms with Gasteiger partial charge in [-0.15, -0.1) is 0 Å². The van der Waals surface area contributed by atoms with Gasteiger partial charge in [-0.2, -0.15) is 0 Å². The van der Waals surface area contributed by atoms with E-state index in [0.717, 1.165) is 0 Å². The number of para-hydroxylation sites is 1. The van der Waals surface area contributed by atoms with Crippen molar-refractivity contribution in [2.45, 2.75) is 13.8 Å². The van der Waals surface area contributed by atoms with Crippen LogP contribution in [0.2, 0.25) is 0 Å². The van der Waals surface area contributed by atoms with E-state index in [2.05, 4.69) is 37.1 Å². The van der Waals surface area contributed by atoms with Crippen molar-refractivity contribution >= 4 is 10.9 Å². The molecule has 2 rings (SSSR count). The van der Waals surface area contributed by atoms with E-state index in [1.807, 2.05) is 23.6 Å². The molecule has 0 fully saturated rings. The number of hydrogen-bond donors (Lipinski definition) is 0. The minimum absolute atomic E-state index is 1.19. The Labute approximate surface area is 78.0 Å². The van der Waals surface area contributed by atoms with Gasteiger partial charge in [0.25, 0.3) is 0 Å². The van der Waals surface area contributed by atoms with Crippen LogP contribution in [-0.4, -0.2) is 4.57 Å². The van der Waals surface area contributed by atoms with Crippen LogP contribution < -0.4 is 0 Å². The Balaban J connectivity index is 2.83. The molecule has 1 nitrogen and oxygen atoms in total. The fraction of sp³-hybridized carbons (Fsp3) is 0.167. The molecule has 0 radical (unpaired) electrons. The van der Waals surface area contributed by atoms with Crippen molar-refractivity contribution in [3.8, 4) is 12.0 Å². The highest BCUT2D eigenvalue weighted by atomic mass is 14.9. The zero-order chi connectivity index (χ0) is 9.26. The molecule has 2 aromatic rings. The molecule has 13 heavy (non-hydrogen) atoms. The first-order valence-corrected chi connectivity index (χ1v) is 4.33. The molecule has 1 aromatic carbocycles. The van der Waals surface area contributed by atoms with Crippen molar-refractivity contribution in [2.75, 3.05) is 0 Å². The highest BCUT2D eigenvalue weighted by molar-refractivity contribution is 5.82. The highest BCUT2D eigenvalue weighted by Crippen LogP contribution is 2.17. The van der Waals surface area contributed by atoms with Crippen molar-refractivity contribution in [3.05, 3.63) is 36.0 Å². The Bertz CT molecular complexity index is 495. The van der Waals surface area contributed by atoms with Crippen molar-refractivity contribution in [3.63, 3.8) is 0 Å². The fourth-order valence-corrected chi connectivity index (χ4v) is 1.55. The first-order valence-electron chi connectivity index (χ1n) is 4.33. The normalized spacial score (nSPS) is 9.69. The lowest BCUT2D eigenvalue weighted by Crippen LogP contribution is -1.89. The van der Waals surface area contributed by atoms with E-state index >= 15 is 0 Å². The topological polar surface area (TPSA) is 4.93 Å². The molecule has 64 valence electrons. The zero-order valence-electron chi connectivity index (χ0n) is 7.83. The molecular weight excluding hydrogens is 158 g/mol. The summed E-state index contributed by atoms with van der Waals surface area (Å²) in [5.41, 5.74) is 2.38. The maximum absolute atomic E-state index is 3.07. The molecule has 1 heteroatoms. The molecule has 0 unspecified atom stereocenters. The fourth-order valence-electron chi connectivity index (χ4n) is 1.55. The van der Waals surface area contributed by atoms with Gasteiger partial charge >= 0.3 is 0 Å². The van der Waals surface area contributed by atoms with Gasteiger partial charge in [-0.05, 0) is 26.0 Å². The molecular formula is C12H11N. The Morgan fingerprint density at radius 2 is 2.00 bits per heavy atom. The van der Waals surface area contributed by atoms with Gasteiger partial charge in [0.2, 0.25) is 0 Å². The number of benzene rings is 1. The lowest BCUT2D eigenvalue weighted by molar-refractivity contribution is 1.10. The average Bonchev–Trinajstić information content (AvgIpc) is 2.44. The largest absolute Gasteiger partial charge is 0.274 e. The van der Waals surface area contributed by atoms with Crippen LogP contribution in [-0.2, 0) is 0 Å². The van der Waals surface area contributed by atoms with Gasteiger partial charge in [0.05, 0.1) is 5.52 Å². The molecule has 0 saturated carbocycles. The van der Waals surface area contributed by atoms with Crippen LogP contribution in [0.25, 0.3) is 10.9 Å². The summed E-state index contributed by atoms with van der Waals surface area (Å²) in [5, 5.41) is 1.25. The van der Waals surface area contributed by atoms with Crippen molar-refractivity contribution in [2.24, 2.45) is 0 Å². The van der Waals surface area contributed by atoms with E-state index in [9.17, 15) is 0 Å². The second kappa shape index (κ2) is 2.99. The van der Waals surface area contributed by atoms with Crippen molar-refractivity contribution in [1.29, 1.82) is 0 Å².